The number of likely N-dealkylation sites (tertiary alicyclic amines) is 1. The predicted octanol–water partition coefficient (Wildman–Crippen LogP) is 2.14. The number of aliphatic carboxylic acids is 1. The Bertz CT molecular complexity index is 1040. The summed E-state index contributed by atoms with van der Waals surface area (Å²) in [6, 6.07) is 6.61. The Kier molecular flexibility index (Phi) is 6.92. The molecule has 1 spiro atoms. The van der Waals surface area contributed by atoms with Crippen LogP contribution in [0, 0.1) is 17.8 Å². The van der Waals surface area contributed by atoms with Gasteiger partial charge < -0.3 is 29.6 Å². The monoisotopic (exact) mass is 499 g/mol. The number of rotatable bonds is 10. The number of benzene rings is 1. The number of carboxylic acid groups (broad SMARTS) is 1. The van der Waals surface area contributed by atoms with Crippen LogP contribution in [-0.2, 0) is 19.1 Å². The molecule has 1 aromatic carbocycles. The zero-order chi connectivity index (χ0) is 26.4. The van der Waals surface area contributed by atoms with E-state index in [1.807, 2.05) is 31.2 Å². The Morgan fingerprint density at radius 3 is 2.36 bits per heavy atom. The number of aliphatic hydroxyl groups excluding tert-OH is 1. The average Bonchev–Trinajstić information content (AvgIpc) is 3.36. The van der Waals surface area contributed by atoms with Crippen LogP contribution in [-0.4, -0.2) is 82.9 Å². The number of aliphatic hydroxyl groups is 1. The van der Waals surface area contributed by atoms with E-state index in [4.69, 9.17) is 4.74 Å². The number of amides is 2. The van der Waals surface area contributed by atoms with Gasteiger partial charge in [0.15, 0.2) is 0 Å². The highest BCUT2D eigenvalue weighted by molar-refractivity contribution is 6.04. The molecule has 0 radical (unpaired) electrons. The van der Waals surface area contributed by atoms with Gasteiger partial charge in [0.05, 0.1) is 18.1 Å². The van der Waals surface area contributed by atoms with Gasteiger partial charge in [0, 0.05) is 37.6 Å². The molecular formula is C27H37N3O6. The predicted molar refractivity (Wildman–Crippen MR) is 136 cm³/mol. The molecule has 3 saturated heterocycles. The lowest BCUT2D eigenvalue weighted by Crippen LogP contribution is -2.57. The number of carboxylic acids is 1. The summed E-state index contributed by atoms with van der Waals surface area (Å²) in [5.74, 6) is -4.11. The molecule has 2 amide bonds. The van der Waals surface area contributed by atoms with Crippen molar-refractivity contribution in [3.63, 3.8) is 0 Å². The van der Waals surface area contributed by atoms with Gasteiger partial charge in [0.1, 0.15) is 17.6 Å². The van der Waals surface area contributed by atoms with E-state index in [9.17, 15) is 24.6 Å². The molecule has 0 aromatic heterocycles. The zero-order valence-corrected chi connectivity index (χ0v) is 21.5. The lowest BCUT2D eigenvalue weighted by molar-refractivity contribution is -0.156. The third-order valence-electron chi connectivity index (χ3n) is 8.52. The Hall–Kier alpha value is -2.91. The van der Waals surface area contributed by atoms with Crippen molar-refractivity contribution in [2.75, 3.05) is 42.6 Å². The van der Waals surface area contributed by atoms with Gasteiger partial charge >= 0.3 is 5.97 Å². The molecule has 9 nitrogen and oxygen atoms in total. The fourth-order valence-corrected chi connectivity index (χ4v) is 6.77. The van der Waals surface area contributed by atoms with Crippen molar-refractivity contribution in [1.82, 2.24) is 4.90 Å². The first-order valence-electron chi connectivity index (χ1n) is 12.7. The molecule has 6 atom stereocenters. The number of carbonyl (C=O) groups excluding carboxylic acids is 2. The van der Waals surface area contributed by atoms with Gasteiger partial charge in [-0.05, 0) is 57.4 Å². The van der Waals surface area contributed by atoms with Crippen molar-refractivity contribution in [3.05, 3.63) is 36.9 Å². The molecule has 196 valence electrons. The fourth-order valence-electron chi connectivity index (χ4n) is 6.77. The molecule has 2 N–H and O–H groups in total. The van der Waals surface area contributed by atoms with Crippen LogP contribution >= 0.6 is 0 Å². The fraction of sp³-hybridized carbons (Fsp3) is 0.593. The summed E-state index contributed by atoms with van der Waals surface area (Å²) in [7, 11) is 0. The standard InChI is InChI=1S/C27H37N3O6/c1-6-13-29(19-11-9-18(10-12-19)28(7-2)8-3)24(33)22-27-16-17(4)26(5,36-27)21(25(34)35)20(27)23(32)30(22)14-15-31/h6,9-12,17,20-22,31H,1,7-8,13-16H2,2-5H3,(H,34,35)/t17?,20-,21-,22?,26+,27?/m0/s1. The van der Waals surface area contributed by atoms with E-state index < -0.39 is 41.0 Å². The maximum Gasteiger partial charge on any atom is 0.310 e. The lowest BCUT2D eigenvalue weighted by atomic mass is 9.62. The van der Waals surface area contributed by atoms with Crippen molar-refractivity contribution in [1.29, 1.82) is 0 Å². The van der Waals surface area contributed by atoms with E-state index in [0.29, 0.717) is 12.1 Å². The van der Waals surface area contributed by atoms with Gasteiger partial charge in [-0.15, -0.1) is 6.58 Å². The number of fused-ring (bicyclic) bond motifs is 1. The minimum absolute atomic E-state index is 0.0723. The van der Waals surface area contributed by atoms with Gasteiger partial charge in [-0.2, -0.15) is 0 Å². The molecule has 0 saturated carbocycles. The van der Waals surface area contributed by atoms with E-state index in [0.717, 1.165) is 18.8 Å². The number of nitrogens with zero attached hydrogens (tertiary/aromatic N) is 3. The van der Waals surface area contributed by atoms with Crippen molar-refractivity contribution in [2.24, 2.45) is 17.8 Å². The van der Waals surface area contributed by atoms with Crippen LogP contribution in [0.1, 0.15) is 34.1 Å². The maximum atomic E-state index is 14.3. The second-order valence-corrected chi connectivity index (χ2v) is 10.2. The minimum atomic E-state index is -1.26. The van der Waals surface area contributed by atoms with Gasteiger partial charge in [0.25, 0.3) is 5.91 Å². The second kappa shape index (κ2) is 9.52. The van der Waals surface area contributed by atoms with Gasteiger partial charge in [0.2, 0.25) is 5.91 Å². The highest BCUT2D eigenvalue weighted by atomic mass is 16.5. The summed E-state index contributed by atoms with van der Waals surface area (Å²) in [5.41, 5.74) is -0.630. The van der Waals surface area contributed by atoms with Crippen molar-refractivity contribution >= 4 is 29.2 Å². The molecule has 3 heterocycles. The first-order chi connectivity index (χ1) is 17.1. The molecule has 9 heteroatoms. The molecule has 36 heavy (non-hydrogen) atoms. The third kappa shape index (κ3) is 3.63. The van der Waals surface area contributed by atoms with Crippen LogP contribution in [0.5, 0.6) is 0 Å². The first kappa shape index (κ1) is 26.2. The van der Waals surface area contributed by atoms with Crippen LogP contribution in [0.3, 0.4) is 0 Å². The van der Waals surface area contributed by atoms with E-state index in [2.05, 4.69) is 25.3 Å². The van der Waals surface area contributed by atoms with E-state index in [-0.39, 0.29) is 31.5 Å². The van der Waals surface area contributed by atoms with Crippen LogP contribution in [0.2, 0.25) is 0 Å². The summed E-state index contributed by atoms with van der Waals surface area (Å²) < 4.78 is 6.48. The molecule has 2 bridgehead atoms. The summed E-state index contributed by atoms with van der Waals surface area (Å²) >= 11 is 0. The smallest absolute Gasteiger partial charge is 0.310 e. The largest absolute Gasteiger partial charge is 0.481 e. The summed E-state index contributed by atoms with van der Waals surface area (Å²) in [6.45, 7) is 13.1. The number of hydrogen-bond donors (Lipinski definition) is 2. The van der Waals surface area contributed by atoms with E-state index in [1.54, 1.807) is 17.9 Å². The molecule has 1 aromatic rings. The van der Waals surface area contributed by atoms with Gasteiger partial charge in [-0.25, -0.2) is 0 Å². The first-order valence-corrected chi connectivity index (χ1v) is 12.7. The second-order valence-electron chi connectivity index (χ2n) is 10.2. The molecule has 4 rings (SSSR count). The highest BCUT2D eigenvalue weighted by Crippen LogP contribution is 2.65. The van der Waals surface area contributed by atoms with Crippen LogP contribution in [0.15, 0.2) is 36.9 Å². The number of hydrogen-bond acceptors (Lipinski definition) is 6. The van der Waals surface area contributed by atoms with Crippen molar-refractivity contribution in [3.8, 4) is 0 Å². The lowest BCUT2D eigenvalue weighted by Gasteiger charge is -2.37. The molecule has 0 aliphatic carbocycles. The number of β-amino-alcohol motifs (C(OH)–C–C–N with tert-alkyl or cyclic N) is 1. The van der Waals surface area contributed by atoms with Crippen LogP contribution in [0.4, 0.5) is 11.4 Å². The Morgan fingerprint density at radius 2 is 1.83 bits per heavy atom. The molecule has 3 fully saturated rings. The van der Waals surface area contributed by atoms with Crippen LogP contribution < -0.4 is 9.80 Å². The topological polar surface area (TPSA) is 111 Å². The maximum absolute atomic E-state index is 14.3. The zero-order valence-electron chi connectivity index (χ0n) is 21.5. The Balaban J connectivity index is 1.77. The SMILES string of the molecule is C=CCN(C(=O)C1N(CCO)C(=O)[C@@H]2[C@@H](C(=O)O)[C@]3(C)OC12CC3C)c1ccc(N(CC)CC)cc1. The molecule has 3 unspecified atom stereocenters. The summed E-state index contributed by atoms with van der Waals surface area (Å²) in [4.78, 5) is 45.3. The van der Waals surface area contributed by atoms with E-state index in [1.165, 1.54) is 4.90 Å². The number of ether oxygens (including phenoxy) is 1. The van der Waals surface area contributed by atoms with Crippen molar-refractivity contribution in [2.45, 2.75) is 51.4 Å². The van der Waals surface area contributed by atoms with Crippen molar-refractivity contribution < 1.29 is 29.3 Å². The quantitative estimate of drug-likeness (QED) is 0.475. The number of anilines is 2. The number of carbonyl (C=O) groups is 3. The minimum Gasteiger partial charge on any atom is -0.481 e. The highest BCUT2D eigenvalue weighted by Gasteiger charge is 2.80. The normalized spacial score (nSPS) is 32.5. The van der Waals surface area contributed by atoms with Gasteiger partial charge in [-0.1, -0.05) is 13.0 Å². The average molecular weight is 500 g/mol. The Labute approximate surface area is 212 Å². The summed E-state index contributed by atoms with van der Waals surface area (Å²) in [5, 5.41) is 19.8. The van der Waals surface area contributed by atoms with Gasteiger partial charge in [-0.3, -0.25) is 14.4 Å². The third-order valence-corrected chi connectivity index (χ3v) is 8.52. The molecule has 3 aliphatic rings. The Morgan fingerprint density at radius 1 is 1.22 bits per heavy atom. The van der Waals surface area contributed by atoms with Crippen LogP contribution in [0.25, 0.3) is 0 Å². The summed E-state index contributed by atoms with van der Waals surface area (Å²) in [6.07, 6.45) is 2.01. The van der Waals surface area contributed by atoms with E-state index >= 15 is 0 Å². The molecular weight excluding hydrogens is 462 g/mol. The molecule has 3 aliphatic heterocycles.